The summed E-state index contributed by atoms with van der Waals surface area (Å²) >= 11 is 0. The van der Waals surface area contributed by atoms with E-state index in [1.807, 2.05) is 62.4 Å². The van der Waals surface area contributed by atoms with Crippen molar-refractivity contribution in [2.75, 3.05) is 16.8 Å². The SMILES string of the molecule is Cc1ccc(N2C[C@@H](NC(=O)Nc3ccccc3C)CC2=O)cc1. The normalized spacial score (nSPS) is 17.0. The number of amides is 3. The third kappa shape index (κ3) is 3.56. The van der Waals surface area contributed by atoms with Gasteiger partial charge in [0.25, 0.3) is 0 Å². The molecular formula is C19H21N3O2. The zero-order valence-electron chi connectivity index (χ0n) is 13.9. The second-order valence-corrected chi connectivity index (χ2v) is 6.15. The highest BCUT2D eigenvalue weighted by Crippen LogP contribution is 2.22. The van der Waals surface area contributed by atoms with Crippen LogP contribution in [0.5, 0.6) is 0 Å². The van der Waals surface area contributed by atoms with Crippen molar-refractivity contribution in [3.8, 4) is 0 Å². The van der Waals surface area contributed by atoms with Crippen LogP contribution in [-0.2, 0) is 4.79 Å². The molecule has 124 valence electrons. The molecule has 1 saturated heterocycles. The Balaban J connectivity index is 1.61. The fourth-order valence-electron chi connectivity index (χ4n) is 2.84. The molecule has 0 radical (unpaired) electrons. The van der Waals surface area contributed by atoms with Crippen LogP contribution in [0, 0.1) is 13.8 Å². The summed E-state index contributed by atoms with van der Waals surface area (Å²) in [5.41, 5.74) is 3.79. The predicted octanol–water partition coefficient (Wildman–Crippen LogP) is 3.23. The molecule has 1 fully saturated rings. The summed E-state index contributed by atoms with van der Waals surface area (Å²) in [6.45, 7) is 4.44. The Hall–Kier alpha value is -2.82. The third-order valence-electron chi connectivity index (χ3n) is 4.20. The van der Waals surface area contributed by atoms with Crippen molar-refractivity contribution < 1.29 is 9.59 Å². The summed E-state index contributed by atoms with van der Waals surface area (Å²) < 4.78 is 0. The highest BCUT2D eigenvalue weighted by Gasteiger charge is 2.31. The fraction of sp³-hybridized carbons (Fsp3) is 0.263. The van der Waals surface area contributed by atoms with E-state index in [4.69, 9.17) is 0 Å². The Bertz CT molecular complexity index is 755. The Labute approximate surface area is 141 Å². The number of carbonyl (C=O) groups is 2. The molecular weight excluding hydrogens is 302 g/mol. The minimum absolute atomic E-state index is 0.0278. The van der Waals surface area contributed by atoms with Crippen molar-refractivity contribution in [3.05, 3.63) is 59.7 Å². The third-order valence-corrected chi connectivity index (χ3v) is 4.20. The lowest BCUT2D eigenvalue weighted by Crippen LogP contribution is -2.39. The zero-order chi connectivity index (χ0) is 17.1. The van der Waals surface area contributed by atoms with Gasteiger partial charge in [0.15, 0.2) is 0 Å². The molecule has 3 rings (SSSR count). The highest BCUT2D eigenvalue weighted by atomic mass is 16.2. The standard InChI is InChI=1S/C19H21N3O2/c1-13-7-9-16(10-8-13)22-12-15(11-18(22)23)20-19(24)21-17-6-4-3-5-14(17)2/h3-10,15H,11-12H2,1-2H3,(H2,20,21,24)/t15-/m0/s1. The van der Waals surface area contributed by atoms with Crippen molar-refractivity contribution in [3.63, 3.8) is 0 Å². The summed E-state index contributed by atoms with van der Waals surface area (Å²) in [4.78, 5) is 26.1. The summed E-state index contributed by atoms with van der Waals surface area (Å²) in [7, 11) is 0. The van der Waals surface area contributed by atoms with E-state index in [9.17, 15) is 9.59 Å². The molecule has 0 aromatic heterocycles. The molecule has 1 atom stereocenters. The number of urea groups is 1. The fourth-order valence-corrected chi connectivity index (χ4v) is 2.84. The first-order valence-electron chi connectivity index (χ1n) is 8.03. The Kier molecular flexibility index (Phi) is 4.51. The van der Waals surface area contributed by atoms with Crippen molar-refractivity contribution in [2.24, 2.45) is 0 Å². The molecule has 1 aliphatic rings. The maximum atomic E-state index is 12.2. The quantitative estimate of drug-likeness (QED) is 0.911. The average molecular weight is 323 g/mol. The number of rotatable bonds is 3. The van der Waals surface area contributed by atoms with Gasteiger partial charge in [-0.1, -0.05) is 35.9 Å². The lowest BCUT2D eigenvalue weighted by molar-refractivity contribution is -0.117. The van der Waals surface area contributed by atoms with Gasteiger partial charge in [0.1, 0.15) is 0 Å². The maximum Gasteiger partial charge on any atom is 0.319 e. The van der Waals surface area contributed by atoms with Gasteiger partial charge in [-0.15, -0.1) is 0 Å². The van der Waals surface area contributed by atoms with Crippen molar-refractivity contribution in [1.82, 2.24) is 5.32 Å². The van der Waals surface area contributed by atoms with Gasteiger partial charge in [-0.2, -0.15) is 0 Å². The zero-order valence-corrected chi connectivity index (χ0v) is 13.9. The lowest BCUT2D eigenvalue weighted by atomic mass is 10.2. The smallest absolute Gasteiger partial charge is 0.319 e. The molecule has 2 N–H and O–H groups in total. The number of anilines is 2. The first-order chi connectivity index (χ1) is 11.5. The average Bonchev–Trinajstić information content (AvgIpc) is 2.90. The minimum Gasteiger partial charge on any atom is -0.333 e. The van der Waals surface area contributed by atoms with Gasteiger partial charge in [0.05, 0.1) is 6.04 Å². The molecule has 0 unspecified atom stereocenters. The van der Waals surface area contributed by atoms with E-state index in [-0.39, 0.29) is 18.0 Å². The first kappa shape index (κ1) is 16.1. The number of carbonyl (C=O) groups excluding carboxylic acids is 2. The van der Waals surface area contributed by atoms with E-state index in [1.54, 1.807) is 4.90 Å². The first-order valence-corrected chi connectivity index (χ1v) is 8.03. The van der Waals surface area contributed by atoms with E-state index in [0.29, 0.717) is 13.0 Å². The summed E-state index contributed by atoms with van der Waals surface area (Å²) in [6, 6.07) is 14.9. The summed E-state index contributed by atoms with van der Waals surface area (Å²) in [5.74, 6) is 0.0278. The van der Waals surface area contributed by atoms with Crippen molar-refractivity contribution >= 4 is 23.3 Å². The topological polar surface area (TPSA) is 61.4 Å². The Morgan fingerprint density at radius 2 is 1.79 bits per heavy atom. The van der Waals surface area contributed by atoms with Gasteiger partial charge in [-0.05, 0) is 37.6 Å². The molecule has 2 aromatic rings. The van der Waals surface area contributed by atoms with Gasteiger partial charge >= 0.3 is 6.03 Å². The Morgan fingerprint density at radius 3 is 2.50 bits per heavy atom. The summed E-state index contributed by atoms with van der Waals surface area (Å²) in [5, 5.41) is 5.72. The molecule has 0 aliphatic carbocycles. The second-order valence-electron chi connectivity index (χ2n) is 6.15. The highest BCUT2D eigenvalue weighted by molar-refractivity contribution is 5.97. The van der Waals surface area contributed by atoms with Gasteiger partial charge in [0, 0.05) is 24.3 Å². The van der Waals surface area contributed by atoms with Crippen LogP contribution in [0.15, 0.2) is 48.5 Å². The molecule has 5 nitrogen and oxygen atoms in total. The van der Waals surface area contributed by atoms with E-state index in [2.05, 4.69) is 10.6 Å². The monoisotopic (exact) mass is 323 g/mol. The number of hydrogen-bond donors (Lipinski definition) is 2. The van der Waals surface area contributed by atoms with Crippen molar-refractivity contribution in [1.29, 1.82) is 0 Å². The van der Waals surface area contributed by atoms with E-state index in [0.717, 1.165) is 22.5 Å². The minimum atomic E-state index is -0.284. The van der Waals surface area contributed by atoms with Crippen LogP contribution >= 0.6 is 0 Å². The number of benzene rings is 2. The number of hydrogen-bond acceptors (Lipinski definition) is 2. The molecule has 1 heterocycles. The number of nitrogens with one attached hydrogen (secondary N) is 2. The van der Waals surface area contributed by atoms with Crippen LogP contribution in [0.3, 0.4) is 0 Å². The lowest BCUT2D eigenvalue weighted by Gasteiger charge is -2.18. The van der Waals surface area contributed by atoms with E-state index in [1.165, 1.54) is 0 Å². The molecule has 0 saturated carbocycles. The van der Waals surface area contributed by atoms with Crippen molar-refractivity contribution in [2.45, 2.75) is 26.3 Å². The van der Waals surface area contributed by atoms with Gasteiger partial charge in [-0.25, -0.2) is 4.79 Å². The maximum absolute atomic E-state index is 12.2. The molecule has 2 aromatic carbocycles. The van der Waals surface area contributed by atoms with Gasteiger partial charge < -0.3 is 15.5 Å². The van der Waals surface area contributed by atoms with Crippen LogP contribution < -0.4 is 15.5 Å². The number of aryl methyl sites for hydroxylation is 2. The van der Waals surface area contributed by atoms with Crippen LogP contribution in [0.1, 0.15) is 17.5 Å². The van der Waals surface area contributed by atoms with Gasteiger partial charge in [-0.3, -0.25) is 4.79 Å². The van der Waals surface area contributed by atoms with Crippen LogP contribution in [0.4, 0.5) is 16.2 Å². The largest absolute Gasteiger partial charge is 0.333 e. The Morgan fingerprint density at radius 1 is 1.08 bits per heavy atom. The second kappa shape index (κ2) is 6.74. The molecule has 0 spiro atoms. The molecule has 1 aliphatic heterocycles. The van der Waals surface area contributed by atoms with Crippen LogP contribution in [0.2, 0.25) is 0 Å². The van der Waals surface area contributed by atoms with Gasteiger partial charge in [0.2, 0.25) is 5.91 Å². The number of nitrogens with zero attached hydrogens (tertiary/aromatic N) is 1. The number of para-hydroxylation sites is 1. The predicted molar refractivity (Wildman–Crippen MR) is 95.3 cm³/mol. The molecule has 0 bridgehead atoms. The van der Waals surface area contributed by atoms with E-state index < -0.39 is 0 Å². The summed E-state index contributed by atoms with van der Waals surface area (Å²) in [6.07, 6.45) is 0.315. The molecule has 5 heteroatoms. The van der Waals surface area contributed by atoms with E-state index >= 15 is 0 Å². The molecule has 3 amide bonds. The van der Waals surface area contributed by atoms with Crippen LogP contribution in [-0.4, -0.2) is 24.5 Å². The van der Waals surface area contributed by atoms with Crippen LogP contribution in [0.25, 0.3) is 0 Å². The molecule has 24 heavy (non-hydrogen) atoms.